The second kappa shape index (κ2) is 8.73. The van der Waals surface area contributed by atoms with Gasteiger partial charge in [0.1, 0.15) is 16.9 Å². The summed E-state index contributed by atoms with van der Waals surface area (Å²) in [4.78, 5) is 33.0. The molecule has 162 valence electrons. The van der Waals surface area contributed by atoms with Crippen LogP contribution in [0, 0.1) is 11.3 Å². The molecule has 1 amide bonds. The van der Waals surface area contributed by atoms with Gasteiger partial charge in [-0.05, 0) is 41.7 Å². The fourth-order valence-corrected chi connectivity index (χ4v) is 5.19. The predicted octanol–water partition coefficient (Wildman–Crippen LogP) is 4.57. The molecule has 2 aromatic carbocycles. The number of aromatic amines is 1. The van der Waals surface area contributed by atoms with E-state index in [1.165, 1.54) is 16.9 Å². The average molecular weight is 455 g/mol. The monoisotopic (exact) mass is 454 g/mol. The van der Waals surface area contributed by atoms with Gasteiger partial charge in [-0.2, -0.15) is 5.26 Å². The molecule has 33 heavy (non-hydrogen) atoms. The number of H-pyrrole nitrogens is 1. The van der Waals surface area contributed by atoms with Crippen molar-refractivity contribution in [3.63, 3.8) is 0 Å². The molecule has 4 aromatic rings. The third-order valence-electron chi connectivity index (χ3n) is 5.50. The van der Waals surface area contributed by atoms with Crippen LogP contribution < -0.4 is 5.32 Å². The Morgan fingerprint density at radius 3 is 2.73 bits per heavy atom. The Kier molecular flexibility index (Phi) is 5.47. The third kappa shape index (κ3) is 4.02. The fourth-order valence-electron chi connectivity index (χ4n) is 3.91. The number of aromatic nitrogens is 2. The van der Waals surface area contributed by atoms with Crippen molar-refractivity contribution in [2.45, 2.75) is 12.8 Å². The molecule has 0 atom stereocenters. The van der Waals surface area contributed by atoms with E-state index in [1.807, 2.05) is 18.2 Å². The smallest absolute Gasteiger partial charge is 0.338 e. The van der Waals surface area contributed by atoms with Crippen LogP contribution in [0.1, 0.15) is 27.0 Å². The van der Waals surface area contributed by atoms with E-state index in [2.05, 4.69) is 27.4 Å². The van der Waals surface area contributed by atoms with Crippen LogP contribution in [-0.2, 0) is 22.4 Å². The van der Waals surface area contributed by atoms with E-state index in [1.54, 1.807) is 36.7 Å². The Balaban J connectivity index is 1.25. The summed E-state index contributed by atoms with van der Waals surface area (Å²) in [6.07, 6.45) is 4.98. The average Bonchev–Trinajstić information content (AvgIpc) is 3.50. The second-order valence-corrected chi connectivity index (χ2v) is 8.54. The summed E-state index contributed by atoms with van der Waals surface area (Å²) in [5.41, 5.74) is 4.95. The van der Waals surface area contributed by atoms with Crippen molar-refractivity contribution < 1.29 is 14.3 Å². The minimum absolute atomic E-state index is 0.332. The van der Waals surface area contributed by atoms with Crippen molar-refractivity contribution in [3.8, 4) is 27.9 Å². The number of carbonyl (C=O) groups excluding carboxylic acids is 2. The van der Waals surface area contributed by atoms with E-state index in [4.69, 9.17) is 4.74 Å². The summed E-state index contributed by atoms with van der Waals surface area (Å²) >= 11 is 1.38. The number of carbonyl (C=O) groups is 2. The minimum Gasteiger partial charge on any atom is -0.452 e. The van der Waals surface area contributed by atoms with Gasteiger partial charge in [-0.1, -0.05) is 36.4 Å². The lowest BCUT2D eigenvalue weighted by atomic mass is 9.90. The molecular formula is C25H18N4O3S. The molecule has 1 aliphatic carbocycles. The molecule has 0 saturated carbocycles. The van der Waals surface area contributed by atoms with Gasteiger partial charge in [0.25, 0.3) is 5.91 Å². The Bertz CT molecular complexity index is 1380. The van der Waals surface area contributed by atoms with E-state index >= 15 is 0 Å². The molecular weight excluding hydrogens is 436 g/mol. The standard InChI is InChI=1S/C25H18N4O3S/c26-13-20-19-10-9-15-3-1-2-4-18(15)22(19)33-24(20)29-21(30)14-32-25(31)17-7-5-16(6-8-17)23-27-11-12-28-23/h1-8,11-12H,9-10,14H2,(H,27,28)(H,29,30). The van der Waals surface area contributed by atoms with Crippen LogP contribution in [0.5, 0.6) is 0 Å². The number of nitrogens with zero attached hydrogens (tertiary/aromatic N) is 2. The molecule has 5 rings (SSSR count). The zero-order chi connectivity index (χ0) is 22.8. The molecule has 7 nitrogen and oxygen atoms in total. The van der Waals surface area contributed by atoms with Gasteiger partial charge in [0.2, 0.25) is 0 Å². The Morgan fingerprint density at radius 2 is 1.97 bits per heavy atom. The minimum atomic E-state index is -0.601. The van der Waals surface area contributed by atoms with E-state index in [0.29, 0.717) is 22.0 Å². The molecule has 0 spiro atoms. The molecule has 2 heterocycles. The maximum absolute atomic E-state index is 12.5. The summed E-state index contributed by atoms with van der Waals surface area (Å²) in [5.74, 6) is -0.390. The molecule has 1 aliphatic rings. The van der Waals surface area contributed by atoms with E-state index in [0.717, 1.165) is 34.4 Å². The Hall–Kier alpha value is -4.22. The van der Waals surface area contributed by atoms with Gasteiger partial charge in [-0.25, -0.2) is 9.78 Å². The number of amides is 1. The van der Waals surface area contributed by atoms with Crippen LogP contribution in [0.2, 0.25) is 0 Å². The maximum Gasteiger partial charge on any atom is 0.338 e. The number of anilines is 1. The highest BCUT2D eigenvalue weighted by Crippen LogP contribution is 2.44. The largest absolute Gasteiger partial charge is 0.452 e. The number of fused-ring (bicyclic) bond motifs is 3. The number of hydrogen-bond donors (Lipinski definition) is 2. The molecule has 2 N–H and O–H groups in total. The fraction of sp³-hybridized carbons (Fsp3) is 0.120. The number of esters is 1. The van der Waals surface area contributed by atoms with Crippen molar-refractivity contribution >= 4 is 28.2 Å². The van der Waals surface area contributed by atoms with Crippen LogP contribution in [0.15, 0.2) is 60.9 Å². The molecule has 0 radical (unpaired) electrons. The molecule has 2 aromatic heterocycles. The van der Waals surface area contributed by atoms with Crippen LogP contribution >= 0.6 is 11.3 Å². The highest BCUT2D eigenvalue weighted by atomic mass is 32.1. The van der Waals surface area contributed by atoms with Gasteiger partial charge < -0.3 is 15.0 Å². The summed E-state index contributed by atoms with van der Waals surface area (Å²) < 4.78 is 5.17. The summed E-state index contributed by atoms with van der Waals surface area (Å²) in [7, 11) is 0. The first kappa shape index (κ1) is 20.7. The zero-order valence-electron chi connectivity index (χ0n) is 17.4. The first-order valence-corrected chi connectivity index (χ1v) is 11.2. The lowest BCUT2D eigenvalue weighted by Gasteiger charge is -2.15. The summed E-state index contributed by atoms with van der Waals surface area (Å²) in [5, 5.41) is 12.9. The normalized spacial score (nSPS) is 11.7. The molecule has 0 aliphatic heterocycles. The van der Waals surface area contributed by atoms with Crippen LogP contribution in [0.3, 0.4) is 0 Å². The number of nitriles is 1. The van der Waals surface area contributed by atoms with Crippen LogP contribution in [0.25, 0.3) is 21.8 Å². The molecule has 0 unspecified atom stereocenters. The van der Waals surface area contributed by atoms with Crippen LogP contribution in [0.4, 0.5) is 5.00 Å². The van der Waals surface area contributed by atoms with Gasteiger partial charge in [0.05, 0.1) is 11.1 Å². The summed E-state index contributed by atoms with van der Waals surface area (Å²) in [6, 6.07) is 17.1. The molecule has 0 bridgehead atoms. The number of rotatable bonds is 5. The van der Waals surface area contributed by atoms with Crippen molar-refractivity contribution in [3.05, 3.63) is 83.2 Å². The van der Waals surface area contributed by atoms with E-state index in [-0.39, 0.29) is 0 Å². The summed E-state index contributed by atoms with van der Waals surface area (Å²) in [6.45, 7) is -0.442. The molecule has 0 fully saturated rings. The Morgan fingerprint density at radius 1 is 1.15 bits per heavy atom. The zero-order valence-corrected chi connectivity index (χ0v) is 18.2. The molecule has 0 saturated heterocycles. The van der Waals surface area contributed by atoms with Gasteiger partial charge in [0.15, 0.2) is 6.61 Å². The Labute approximate surface area is 193 Å². The first-order valence-electron chi connectivity index (χ1n) is 10.3. The third-order valence-corrected chi connectivity index (χ3v) is 6.69. The second-order valence-electron chi connectivity index (χ2n) is 7.52. The molecule has 8 heteroatoms. The number of aryl methyl sites for hydroxylation is 1. The highest BCUT2D eigenvalue weighted by molar-refractivity contribution is 7.20. The topological polar surface area (TPSA) is 108 Å². The maximum atomic E-state index is 12.5. The SMILES string of the molecule is N#Cc1c(NC(=O)COC(=O)c2ccc(-c3ncc[nH]3)cc2)sc2c1CCc1ccccc1-2. The van der Waals surface area contributed by atoms with Gasteiger partial charge >= 0.3 is 5.97 Å². The highest BCUT2D eigenvalue weighted by Gasteiger charge is 2.25. The lowest BCUT2D eigenvalue weighted by Crippen LogP contribution is -2.20. The van der Waals surface area contributed by atoms with Crippen LogP contribution in [-0.4, -0.2) is 28.5 Å². The number of ether oxygens (including phenoxy) is 1. The van der Waals surface area contributed by atoms with E-state index < -0.39 is 18.5 Å². The number of nitrogens with one attached hydrogen (secondary N) is 2. The number of thiophene rings is 1. The van der Waals surface area contributed by atoms with Gasteiger partial charge in [-0.15, -0.1) is 11.3 Å². The number of hydrogen-bond acceptors (Lipinski definition) is 6. The van der Waals surface area contributed by atoms with Crippen molar-refractivity contribution in [1.29, 1.82) is 5.26 Å². The van der Waals surface area contributed by atoms with E-state index in [9.17, 15) is 14.9 Å². The van der Waals surface area contributed by atoms with Gasteiger partial charge in [0, 0.05) is 22.8 Å². The predicted molar refractivity (Wildman–Crippen MR) is 125 cm³/mol. The first-order chi connectivity index (χ1) is 16.1. The van der Waals surface area contributed by atoms with Gasteiger partial charge in [-0.3, -0.25) is 4.79 Å². The number of benzene rings is 2. The lowest BCUT2D eigenvalue weighted by molar-refractivity contribution is -0.119. The van der Waals surface area contributed by atoms with Crippen molar-refractivity contribution in [2.24, 2.45) is 0 Å². The van der Waals surface area contributed by atoms with Crippen molar-refractivity contribution in [2.75, 3.05) is 11.9 Å². The number of imidazole rings is 1. The van der Waals surface area contributed by atoms with Crippen molar-refractivity contribution in [1.82, 2.24) is 9.97 Å². The quantitative estimate of drug-likeness (QED) is 0.430.